The Morgan fingerprint density at radius 2 is 1.04 bits per heavy atom. The maximum atomic E-state index is 2.46. The highest BCUT2D eigenvalue weighted by Crippen LogP contribution is 2.44. The van der Waals surface area contributed by atoms with Crippen LogP contribution in [0.1, 0.15) is 29.0 Å². The average molecular weight is 678 g/mol. The van der Waals surface area contributed by atoms with Crippen molar-refractivity contribution < 1.29 is 0 Å². The van der Waals surface area contributed by atoms with Crippen LogP contribution in [-0.4, -0.2) is 4.57 Å². The van der Waals surface area contributed by atoms with E-state index in [9.17, 15) is 0 Å². The second-order valence-corrected chi connectivity index (χ2v) is 14.5. The Kier molecular flexibility index (Phi) is 7.84. The highest BCUT2D eigenvalue weighted by Gasteiger charge is 2.25. The van der Waals surface area contributed by atoms with Crippen molar-refractivity contribution in [3.05, 3.63) is 211 Å². The summed E-state index contributed by atoms with van der Waals surface area (Å²) >= 11 is 0. The second-order valence-electron chi connectivity index (χ2n) is 14.5. The molecule has 53 heavy (non-hydrogen) atoms. The number of aryl methyl sites for hydroxylation is 1. The van der Waals surface area contributed by atoms with E-state index in [0.717, 1.165) is 19.3 Å². The smallest absolute Gasteiger partial charge is 0.0541 e. The molecule has 1 nitrogen and oxygen atoms in total. The van der Waals surface area contributed by atoms with Gasteiger partial charge >= 0.3 is 0 Å². The van der Waals surface area contributed by atoms with Crippen molar-refractivity contribution in [2.75, 3.05) is 0 Å². The minimum absolute atomic E-state index is 0.474. The predicted molar refractivity (Wildman–Crippen MR) is 224 cm³/mol. The molecule has 0 saturated heterocycles. The van der Waals surface area contributed by atoms with Gasteiger partial charge in [0.1, 0.15) is 0 Å². The Balaban J connectivity index is 1.01. The van der Waals surface area contributed by atoms with Crippen molar-refractivity contribution >= 4 is 21.8 Å². The summed E-state index contributed by atoms with van der Waals surface area (Å²) in [5.74, 6) is 0.474. The highest BCUT2D eigenvalue weighted by molar-refractivity contribution is 6.10. The molecule has 1 atom stereocenters. The maximum absolute atomic E-state index is 2.46. The zero-order valence-corrected chi connectivity index (χ0v) is 29.6. The molecule has 1 aliphatic carbocycles. The summed E-state index contributed by atoms with van der Waals surface area (Å²) in [6.45, 7) is 0. The molecular formula is C52H39N. The Hall–Kier alpha value is -6.44. The van der Waals surface area contributed by atoms with Crippen molar-refractivity contribution in [2.45, 2.75) is 25.2 Å². The summed E-state index contributed by atoms with van der Waals surface area (Å²) in [5, 5.41) is 2.55. The number of hydrogen-bond donors (Lipinski definition) is 0. The second kappa shape index (κ2) is 13.3. The number of benzene rings is 8. The first-order valence-corrected chi connectivity index (χ1v) is 18.8. The van der Waals surface area contributed by atoms with E-state index in [2.05, 4.69) is 199 Å². The molecule has 0 amide bonds. The molecule has 1 aliphatic rings. The normalized spacial score (nSPS) is 13.5. The predicted octanol–water partition coefficient (Wildman–Crippen LogP) is 13.7. The minimum Gasteiger partial charge on any atom is -0.309 e. The van der Waals surface area contributed by atoms with Crippen LogP contribution in [0.25, 0.3) is 72.0 Å². The lowest BCUT2D eigenvalue weighted by Crippen LogP contribution is -2.12. The van der Waals surface area contributed by atoms with Crippen LogP contribution in [0.2, 0.25) is 0 Å². The molecule has 0 spiro atoms. The Morgan fingerprint density at radius 1 is 0.415 bits per heavy atom. The van der Waals surface area contributed by atoms with E-state index < -0.39 is 0 Å². The molecule has 0 bridgehead atoms. The summed E-state index contributed by atoms with van der Waals surface area (Å²) in [7, 11) is 0. The number of fused-ring (bicyclic) bond motifs is 6. The molecule has 9 aromatic rings. The Bertz CT molecular complexity index is 2750. The van der Waals surface area contributed by atoms with Gasteiger partial charge < -0.3 is 4.57 Å². The van der Waals surface area contributed by atoms with Crippen LogP contribution in [-0.2, 0) is 12.8 Å². The van der Waals surface area contributed by atoms with Gasteiger partial charge in [-0.2, -0.15) is 0 Å². The lowest BCUT2D eigenvalue weighted by molar-refractivity contribution is 0.616. The third-order valence-electron chi connectivity index (χ3n) is 11.3. The molecule has 8 aromatic carbocycles. The molecule has 0 N–H and O–H groups in total. The van der Waals surface area contributed by atoms with Crippen molar-refractivity contribution in [2.24, 2.45) is 0 Å². The van der Waals surface area contributed by atoms with Gasteiger partial charge in [-0.25, -0.2) is 0 Å². The van der Waals surface area contributed by atoms with Crippen LogP contribution in [0.5, 0.6) is 0 Å². The maximum Gasteiger partial charge on any atom is 0.0541 e. The van der Waals surface area contributed by atoms with Gasteiger partial charge in [-0.15, -0.1) is 0 Å². The van der Waals surface area contributed by atoms with Crippen molar-refractivity contribution in [3.8, 4) is 50.2 Å². The summed E-state index contributed by atoms with van der Waals surface area (Å²) in [5.41, 5.74) is 18.2. The first-order valence-electron chi connectivity index (χ1n) is 18.8. The summed E-state index contributed by atoms with van der Waals surface area (Å²) in [6.07, 6.45) is 3.26. The van der Waals surface area contributed by atoms with Gasteiger partial charge in [0.05, 0.1) is 11.0 Å². The van der Waals surface area contributed by atoms with Crippen molar-refractivity contribution in [1.29, 1.82) is 0 Å². The van der Waals surface area contributed by atoms with E-state index in [1.807, 2.05) is 0 Å². The number of hydrogen-bond acceptors (Lipinski definition) is 0. The zero-order valence-electron chi connectivity index (χ0n) is 29.6. The van der Waals surface area contributed by atoms with Crippen LogP contribution in [0.15, 0.2) is 194 Å². The van der Waals surface area contributed by atoms with Crippen molar-refractivity contribution in [3.63, 3.8) is 0 Å². The SMILES string of the molecule is c1ccc(-c2cccc(CCC3Cc4ccccc4-c4cc(-c5ccc6c(c5)c5ccccc5n6-c5cccc(-c6ccccc6)c5)ccc43)c2)cc1. The van der Waals surface area contributed by atoms with E-state index in [1.54, 1.807) is 0 Å². The molecule has 0 aliphatic heterocycles. The van der Waals surface area contributed by atoms with Gasteiger partial charge in [-0.05, 0) is 123 Å². The molecule has 1 heterocycles. The molecule has 1 heteroatoms. The molecule has 10 rings (SSSR count). The van der Waals surface area contributed by atoms with E-state index in [-0.39, 0.29) is 0 Å². The lowest BCUT2D eigenvalue weighted by Gasteiger charge is -2.28. The van der Waals surface area contributed by atoms with E-state index in [0.29, 0.717) is 5.92 Å². The number of para-hydroxylation sites is 1. The minimum atomic E-state index is 0.474. The molecule has 1 unspecified atom stereocenters. The molecule has 252 valence electrons. The molecule has 0 saturated carbocycles. The third-order valence-corrected chi connectivity index (χ3v) is 11.3. The lowest BCUT2D eigenvalue weighted by atomic mass is 9.75. The Morgan fingerprint density at radius 3 is 1.87 bits per heavy atom. The van der Waals surface area contributed by atoms with Gasteiger partial charge in [0.25, 0.3) is 0 Å². The van der Waals surface area contributed by atoms with Crippen LogP contribution in [0, 0.1) is 0 Å². The summed E-state index contributed by atoms with van der Waals surface area (Å²) < 4.78 is 2.42. The molecule has 0 fully saturated rings. The first kappa shape index (κ1) is 31.3. The van der Waals surface area contributed by atoms with Gasteiger partial charge in [0, 0.05) is 16.5 Å². The largest absolute Gasteiger partial charge is 0.309 e. The van der Waals surface area contributed by atoms with Crippen LogP contribution in [0.4, 0.5) is 0 Å². The number of rotatable bonds is 7. The van der Waals surface area contributed by atoms with Crippen LogP contribution in [0.3, 0.4) is 0 Å². The van der Waals surface area contributed by atoms with Gasteiger partial charge in [0.15, 0.2) is 0 Å². The third kappa shape index (κ3) is 5.76. The van der Waals surface area contributed by atoms with Gasteiger partial charge in [-0.1, -0.05) is 158 Å². The highest BCUT2D eigenvalue weighted by atomic mass is 15.0. The van der Waals surface area contributed by atoms with Crippen LogP contribution >= 0.6 is 0 Å². The number of aromatic nitrogens is 1. The van der Waals surface area contributed by atoms with Gasteiger partial charge in [0.2, 0.25) is 0 Å². The first-order chi connectivity index (χ1) is 26.3. The van der Waals surface area contributed by atoms with E-state index >= 15 is 0 Å². The quantitative estimate of drug-likeness (QED) is 0.158. The van der Waals surface area contributed by atoms with Crippen LogP contribution < -0.4 is 0 Å². The van der Waals surface area contributed by atoms with Crippen molar-refractivity contribution in [1.82, 2.24) is 4.57 Å². The Labute approximate surface area is 311 Å². The standard InChI is InChI=1S/C52H39N/c1-3-14-37(15-4-1)39-19-11-13-36(31-39)25-26-44-32-43-18-7-8-22-46(43)49-34-41(27-29-47(44)49)42-28-30-52-50(35-42)48-23-9-10-24-51(48)53(52)45-21-12-20-40(33-45)38-16-5-2-6-17-38/h1-24,27-31,33-35,44H,25-26,32H2. The molecule has 0 radical (unpaired) electrons. The fourth-order valence-corrected chi connectivity index (χ4v) is 8.68. The summed E-state index contributed by atoms with van der Waals surface area (Å²) in [4.78, 5) is 0. The molecule has 1 aromatic heterocycles. The van der Waals surface area contributed by atoms with E-state index in [1.165, 1.54) is 88.7 Å². The van der Waals surface area contributed by atoms with E-state index in [4.69, 9.17) is 0 Å². The summed E-state index contributed by atoms with van der Waals surface area (Å²) in [6, 6.07) is 71.6. The monoisotopic (exact) mass is 677 g/mol. The fourth-order valence-electron chi connectivity index (χ4n) is 8.68. The zero-order chi connectivity index (χ0) is 35.1. The number of nitrogens with zero attached hydrogens (tertiary/aromatic N) is 1. The fraction of sp³-hybridized carbons (Fsp3) is 0.0769. The molecular weight excluding hydrogens is 639 g/mol. The van der Waals surface area contributed by atoms with Gasteiger partial charge in [-0.3, -0.25) is 0 Å². The topological polar surface area (TPSA) is 4.93 Å². The average Bonchev–Trinajstić information content (AvgIpc) is 3.57.